The third-order valence-electron chi connectivity index (χ3n) is 6.13. The van der Waals surface area contributed by atoms with Crippen molar-refractivity contribution in [3.8, 4) is 0 Å². The van der Waals surface area contributed by atoms with Crippen LogP contribution < -0.4 is 16.0 Å². The van der Waals surface area contributed by atoms with E-state index in [-0.39, 0.29) is 48.0 Å². The first-order valence-corrected chi connectivity index (χ1v) is 10.2. The van der Waals surface area contributed by atoms with Crippen molar-refractivity contribution in [2.24, 2.45) is 11.3 Å². The van der Waals surface area contributed by atoms with Crippen LogP contribution in [0.1, 0.15) is 43.5 Å². The fourth-order valence-electron chi connectivity index (χ4n) is 4.10. The van der Waals surface area contributed by atoms with Gasteiger partial charge in [0.2, 0.25) is 5.91 Å². The minimum absolute atomic E-state index is 0. The van der Waals surface area contributed by atoms with Crippen LogP contribution in [-0.2, 0) is 4.79 Å². The molecule has 1 aliphatic heterocycles. The summed E-state index contributed by atoms with van der Waals surface area (Å²) >= 11 is 0. The minimum atomic E-state index is -0.0733. The molecule has 1 aromatic rings. The van der Waals surface area contributed by atoms with Crippen LogP contribution in [-0.4, -0.2) is 56.0 Å². The number of amides is 2. The van der Waals surface area contributed by atoms with E-state index >= 15 is 0 Å². The Kier molecular flexibility index (Phi) is 10.4. The van der Waals surface area contributed by atoms with Crippen molar-refractivity contribution in [3.63, 3.8) is 0 Å². The van der Waals surface area contributed by atoms with Gasteiger partial charge >= 0.3 is 0 Å². The van der Waals surface area contributed by atoms with Crippen LogP contribution in [0.5, 0.6) is 0 Å². The van der Waals surface area contributed by atoms with E-state index < -0.39 is 0 Å². The van der Waals surface area contributed by atoms with Gasteiger partial charge in [-0.1, -0.05) is 13.8 Å². The summed E-state index contributed by atoms with van der Waals surface area (Å²) in [7, 11) is 0. The third-order valence-corrected chi connectivity index (χ3v) is 6.13. The van der Waals surface area contributed by atoms with E-state index in [1.54, 1.807) is 12.1 Å². The van der Waals surface area contributed by atoms with Crippen molar-refractivity contribution in [1.29, 1.82) is 0 Å². The Bertz CT molecular complexity index is 659. The molecule has 0 bridgehead atoms. The van der Waals surface area contributed by atoms with Gasteiger partial charge in [-0.3, -0.25) is 9.59 Å². The molecule has 1 saturated heterocycles. The smallest absolute Gasteiger partial charge is 0.251 e. The highest BCUT2D eigenvalue weighted by Crippen LogP contribution is 2.58. The second-order valence-corrected chi connectivity index (χ2v) is 7.72. The number of anilines is 1. The Labute approximate surface area is 186 Å². The molecule has 29 heavy (non-hydrogen) atoms. The number of hydrogen-bond donors (Lipinski definition) is 3. The molecule has 0 radical (unpaired) electrons. The average Bonchev–Trinajstić information content (AvgIpc) is 3.39. The van der Waals surface area contributed by atoms with Crippen LogP contribution in [0.2, 0.25) is 0 Å². The lowest BCUT2D eigenvalue weighted by molar-refractivity contribution is -0.118. The first kappa shape index (κ1) is 25.7. The molecular formula is C21H34Cl2N4O2. The van der Waals surface area contributed by atoms with Gasteiger partial charge in [-0.2, -0.15) is 0 Å². The lowest BCUT2D eigenvalue weighted by Crippen LogP contribution is -2.34. The van der Waals surface area contributed by atoms with E-state index in [4.69, 9.17) is 0 Å². The van der Waals surface area contributed by atoms with Crippen LogP contribution >= 0.6 is 24.8 Å². The van der Waals surface area contributed by atoms with Gasteiger partial charge in [-0.05, 0) is 75.1 Å². The van der Waals surface area contributed by atoms with E-state index in [9.17, 15) is 9.59 Å². The van der Waals surface area contributed by atoms with Crippen LogP contribution in [0.25, 0.3) is 0 Å². The SMILES string of the molecule is CCN(CC)CCNC(=O)c1ccc(NC(=O)C2CC23CCNCC3)cc1.Cl.Cl. The molecule has 1 heterocycles. The van der Waals surface area contributed by atoms with Crippen LogP contribution in [0.3, 0.4) is 0 Å². The highest BCUT2D eigenvalue weighted by Gasteiger charge is 2.57. The summed E-state index contributed by atoms with van der Waals surface area (Å²) in [6, 6.07) is 7.18. The Morgan fingerprint density at radius 2 is 1.72 bits per heavy atom. The minimum Gasteiger partial charge on any atom is -0.351 e. The van der Waals surface area contributed by atoms with Gasteiger partial charge in [0, 0.05) is 30.3 Å². The standard InChI is InChI=1S/C21H32N4O2.2ClH/c1-3-25(4-2)14-13-23-19(26)16-5-7-17(8-6-16)24-20(27)18-15-21(18)9-11-22-12-10-21;;/h5-8,18,22H,3-4,9-15H2,1-2H3,(H,23,26)(H,24,27);2*1H. The van der Waals surface area contributed by atoms with E-state index in [1.165, 1.54) is 0 Å². The number of piperidine rings is 1. The highest BCUT2D eigenvalue weighted by molar-refractivity contribution is 5.97. The van der Waals surface area contributed by atoms with Crippen molar-refractivity contribution in [3.05, 3.63) is 29.8 Å². The van der Waals surface area contributed by atoms with Crippen LogP contribution in [0, 0.1) is 11.3 Å². The number of halogens is 2. The molecule has 2 aliphatic rings. The third kappa shape index (κ3) is 6.57. The lowest BCUT2D eigenvalue weighted by atomic mass is 9.92. The fourth-order valence-corrected chi connectivity index (χ4v) is 4.10. The fraction of sp³-hybridized carbons (Fsp3) is 0.619. The van der Waals surface area contributed by atoms with Crippen LogP contribution in [0.15, 0.2) is 24.3 Å². The molecule has 2 amide bonds. The zero-order valence-corrected chi connectivity index (χ0v) is 19.0. The Morgan fingerprint density at radius 1 is 1.10 bits per heavy atom. The van der Waals surface area contributed by atoms with Gasteiger partial charge in [-0.15, -0.1) is 24.8 Å². The number of carbonyl (C=O) groups is 2. The molecule has 3 N–H and O–H groups in total. The quantitative estimate of drug-likeness (QED) is 0.576. The molecule has 1 saturated carbocycles. The van der Waals surface area contributed by atoms with Gasteiger partial charge in [0.15, 0.2) is 0 Å². The van der Waals surface area contributed by atoms with Gasteiger partial charge in [0.05, 0.1) is 0 Å². The van der Waals surface area contributed by atoms with Crippen molar-refractivity contribution in [2.75, 3.05) is 44.6 Å². The normalized spacial score (nSPS) is 19.1. The first-order chi connectivity index (χ1) is 13.1. The van der Waals surface area contributed by atoms with Crippen molar-refractivity contribution < 1.29 is 9.59 Å². The maximum absolute atomic E-state index is 12.5. The van der Waals surface area contributed by atoms with Gasteiger partial charge in [0.25, 0.3) is 5.91 Å². The first-order valence-electron chi connectivity index (χ1n) is 10.2. The number of benzene rings is 1. The van der Waals surface area contributed by atoms with E-state index in [0.717, 1.165) is 57.7 Å². The molecule has 0 aromatic heterocycles. The van der Waals surface area contributed by atoms with E-state index in [1.807, 2.05) is 12.1 Å². The molecule has 1 unspecified atom stereocenters. The number of nitrogens with zero attached hydrogens (tertiary/aromatic N) is 1. The van der Waals surface area contributed by atoms with Crippen molar-refractivity contribution in [1.82, 2.24) is 15.5 Å². The summed E-state index contributed by atoms with van der Waals surface area (Å²) < 4.78 is 0. The second kappa shape index (κ2) is 11.7. The summed E-state index contributed by atoms with van der Waals surface area (Å²) in [6.45, 7) is 9.73. The summed E-state index contributed by atoms with van der Waals surface area (Å²) in [4.78, 5) is 27.0. The molecule has 8 heteroatoms. The molecule has 2 fully saturated rings. The number of nitrogens with one attached hydrogen (secondary N) is 3. The molecule has 1 aliphatic carbocycles. The van der Waals surface area contributed by atoms with Crippen molar-refractivity contribution in [2.45, 2.75) is 33.1 Å². The molecule has 6 nitrogen and oxygen atoms in total. The summed E-state index contributed by atoms with van der Waals surface area (Å²) in [5, 5.41) is 9.33. The number of likely N-dealkylation sites (N-methyl/N-ethyl adjacent to an activating group) is 1. The summed E-state index contributed by atoms with van der Waals surface area (Å²) in [5.74, 6) is 0.187. The summed E-state index contributed by atoms with van der Waals surface area (Å²) in [6.07, 6.45) is 3.20. The average molecular weight is 445 g/mol. The topological polar surface area (TPSA) is 73.5 Å². The predicted molar refractivity (Wildman–Crippen MR) is 122 cm³/mol. The highest BCUT2D eigenvalue weighted by atomic mass is 35.5. The molecule has 1 spiro atoms. The van der Waals surface area contributed by atoms with Gasteiger partial charge < -0.3 is 20.9 Å². The number of hydrogen-bond acceptors (Lipinski definition) is 4. The molecule has 1 aromatic carbocycles. The zero-order valence-electron chi connectivity index (χ0n) is 17.3. The maximum Gasteiger partial charge on any atom is 0.251 e. The monoisotopic (exact) mass is 444 g/mol. The van der Waals surface area contributed by atoms with Gasteiger partial charge in [-0.25, -0.2) is 0 Å². The van der Waals surface area contributed by atoms with Gasteiger partial charge in [0.1, 0.15) is 0 Å². The number of carbonyl (C=O) groups excluding carboxylic acids is 2. The number of rotatable bonds is 8. The predicted octanol–water partition coefficient (Wildman–Crippen LogP) is 2.93. The largest absolute Gasteiger partial charge is 0.351 e. The van der Waals surface area contributed by atoms with Crippen LogP contribution in [0.4, 0.5) is 5.69 Å². The Hall–Kier alpha value is -1.34. The van der Waals surface area contributed by atoms with E-state index in [2.05, 4.69) is 34.7 Å². The second-order valence-electron chi connectivity index (χ2n) is 7.72. The molecule has 3 rings (SSSR count). The van der Waals surface area contributed by atoms with E-state index in [0.29, 0.717) is 12.1 Å². The summed E-state index contributed by atoms with van der Waals surface area (Å²) in [5.41, 5.74) is 1.62. The molecular weight excluding hydrogens is 411 g/mol. The molecule has 164 valence electrons. The Morgan fingerprint density at radius 3 is 2.31 bits per heavy atom. The lowest BCUT2D eigenvalue weighted by Gasteiger charge is -2.23. The zero-order chi connectivity index (χ0) is 19.3. The maximum atomic E-state index is 12.5. The Balaban J connectivity index is 0.00000210. The molecule has 1 atom stereocenters. The van der Waals surface area contributed by atoms with Crippen molar-refractivity contribution >= 4 is 42.3 Å².